The van der Waals surface area contributed by atoms with Gasteiger partial charge in [0.15, 0.2) is 17.4 Å². The molecular formula is C5H16AlCaOP. The zero-order valence-electron chi connectivity index (χ0n) is 7.10. The maximum Gasteiger partial charge on any atom is 2.00 e. The van der Waals surface area contributed by atoms with E-state index in [2.05, 4.69) is 9.24 Å². The molecule has 0 aliphatic carbocycles. The van der Waals surface area contributed by atoms with Gasteiger partial charge in [-0.15, -0.1) is 9.24 Å². The van der Waals surface area contributed by atoms with Crippen LogP contribution in [0.3, 0.4) is 0 Å². The molecular weight excluding hydrogens is 174 g/mol. The average molecular weight is 190 g/mol. The molecule has 0 rings (SSSR count). The molecule has 0 amide bonds. The van der Waals surface area contributed by atoms with Gasteiger partial charge >= 0.3 is 37.7 Å². The van der Waals surface area contributed by atoms with E-state index in [0.717, 1.165) is 31.7 Å². The van der Waals surface area contributed by atoms with Crippen LogP contribution in [0.1, 0.15) is 22.1 Å². The van der Waals surface area contributed by atoms with E-state index in [-0.39, 0.29) is 58.0 Å². The molecule has 0 saturated heterocycles. The van der Waals surface area contributed by atoms with Crippen LogP contribution < -0.4 is 0 Å². The number of aldehydes is 1. The fraction of sp³-hybridized carbons (Fsp3) is 0.800. The Morgan fingerprint density at radius 2 is 2.00 bits per heavy atom. The molecule has 1 nitrogen and oxygen atoms in total. The van der Waals surface area contributed by atoms with Crippen molar-refractivity contribution < 1.29 is 7.65 Å². The predicted molar refractivity (Wildman–Crippen MR) is 52.4 cm³/mol. The van der Waals surface area contributed by atoms with Crippen molar-refractivity contribution in [2.75, 3.05) is 6.16 Å². The van der Waals surface area contributed by atoms with Crippen molar-refractivity contribution in [2.24, 2.45) is 0 Å². The Kier molecular flexibility index (Phi) is 31.3. The molecule has 0 aromatic carbocycles. The monoisotopic (exact) mass is 190 g/mol. The Bertz CT molecular complexity index is 61.7. The van der Waals surface area contributed by atoms with E-state index in [1.54, 1.807) is 0 Å². The first kappa shape index (κ1) is 17.1. The standard InChI is InChI=1S/C5H11OP.Al.Ca.5H/c6-4-2-1-3-5-7;;;;;;;/h4H,1-3,5,7H2;;;;;;;/q;;+2;;;;2*-1. The van der Waals surface area contributed by atoms with E-state index in [9.17, 15) is 4.79 Å². The molecule has 4 heteroatoms. The van der Waals surface area contributed by atoms with Crippen LogP contribution in [-0.4, -0.2) is 67.5 Å². The van der Waals surface area contributed by atoms with Gasteiger partial charge in [-0.2, -0.15) is 0 Å². The minimum absolute atomic E-state index is 0. The Morgan fingerprint density at radius 1 is 1.44 bits per heavy atom. The zero-order valence-corrected chi connectivity index (χ0v) is 8.46. The molecule has 0 saturated carbocycles. The minimum Gasteiger partial charge on any atom is -1.00 e. The quantitative estimate of drug-likeness (QED) is 0.262. The van der Waals surface area contributed by atoms with E-state index in [1.165, 1.54) is 0 Å². The van der Waals surface area contributed by atoms with Crippen LogP contribution in [0.4, 0.5) is 0 Å². The summed E-state index contributed by atoms with van der Waals surface area (Å²) in [6.45, 7) is 0. The van der Waals surface area contributed by atoms with Crippen LogP contribution in [0.15, 0.2) is 0 Å². The number of hydrogen-bond acceptors (Lipinski definition) is 1. The van der Waals surface area contributed by atoms with Crippen LogP contribution in [0.2, 0.25) is 0 Å². The summed E-state index contributed by atoms with van der Waals surface area (Å²) in [4.78, 5) is 9.67. The minimum atomic E-state index is 0. The smallest absolute Gasteiger partial charge is 1.00 e. The Hall–Kier alpha value is 1.89. The molecule has 1 unspecified atom stereocenters. The molecule has 9 heavy (non-hydrogen) atoms. The van der Waals surface area contributed by atoms with Gasteiger partial charge in [-0.1, -0.05) is 0 Å². The van der Waals surface area contributed by atoms with E-state index >= 15 is 0 Å². The molecule has 0 fully saturated rings. The second-order valence-corrected chi connectivity index (χ2v) is 2.03. The van der Waals surface area contributed by atoms with Gasteiger partial charge in [-0.05, 0) is 19.0 Å². The van der Waals surface area contributed by atoms with Crippen molar-refractivity contribution in [3.05, 3.63) is 0 Å². The van der Waals surface area contributed by atoms with Gasteiger partial charge in [-0.3, -0.25) is 0 Å². The van der Waals surface area contributed by atoms with Crippen LogP contribution >= 0.6 is 9.24 Å². The van der Waals surface area contributed by atoms with Crippen LogP contribution in [-0.2, 0) is 4.79 Å². The summed E-state index contributed by atoms with van der Waals surface area (Å²) in [5.41, 5.74) is 0. The molecule has 0 bridgehead atoms. The van der Waals surface area contributed by atoms with Crippen molar-refractivity contribution in [3.8, 4) is 0 Å². The second-order valence-electron chi connectivity index (χ2n) is 1.45. The van der Waals surface area contributed by atoms with Gasteiger partial charge in [0.05, 0.1) is 0 Å². The Balaban J connectivity index is -0.0000000300. The van der Waals surface area contributed by atoms with Crippen molar-refractivity contribution in [1.82, 2.24) is 0 Å². The summed E-state index contributed by atoms with van der Waals surface area (Å²) < 4.78 is 0. The van der Waals surface area contributed by atoms with E-state index in [1.807, 2.05) is 0 Å². The van der Waals surface area contributed by atoms with Crippen LogP contribution in [0.25, 0.3) is 0 Å². The molecule has 1 atom stereocenters. The summed E-state index contributed by atoms with van der Waals surface area (Å²) in [6, 6.07) is 0. The maximum absolute atomic E-state index is 9.67. The first-order valence-electron chi connectivity index (χ1n) is 2.55. The van der Waals surface area contributed by atoms with E-state index in [0.29, 0.717) is 0 Å². The first-order chi connectivity index (χ1) is 3.41. The Labute approximate surface area is 103 Å². The third-order valence-corrected chi connectivity index (χ3v) is 1.18. The summed E-state index contributed by atoms with van der Waals surface area (Å²) in [5.74, 6) is 0. The molecule has 52 valence electrons. The van der Waals surface area contributed by atoms with Gasteiger partial charge in [0.1, 0.15) is 6.29 Å². The summed E-state index contributed by atoms with van der Waals surface area (Å²) >= 11 is 0. The van der Waals surface area contributed by atoms with Crippen molar-refractivity contribution in [2.45, 2.75) is 19.3 Å². The van der Waals surface area contributed by atoms with Gasteiger partial charge in [-0.25, -0.2) is 0 Å². The third kappa shape index (κ3) is 17.7. The fourth-order valence-electron chi connectivity index (χ4n) is 0.372. The van der Waals surface area contributed by atoms with Gasteiger partial charge < -0.3 is 7.65 Å². The number of unbranched alkanes of at least 4 members (excludes halogenated alkanes) is 2. The first-order valence-corrected chi connectivity index (χ1v) is 3.37. The van der Waals surface area contributed by atoms with Crippen LogP contribution in [0, 0.1) is 0 Å². The largest absolute Gasteiger partial charge is 2.00 e. The fourth-order valence-corrected chi connectivity index (χ4v) is 0.661. The summed E-state index contributed by atoms with van der Waals surface area (Å²) in [7, 11) is 2.63. The number of carbonyl (C=O) groups excluding carboxylic acids is 1. The molecule has 0 N–H and O–H groups in total. The van der Waals surface area contributed by atoms with E-state index in [4.69, 9.17) is 0 Å². The van der Waals surface area contributed by atoms with E-state index < -0.39 is 0 Å². The summed E-state index contributed by atoms with van der Waals surface area (Å²) in [6.07, 6.45) is 5.03. The SMILES string of the molecule is O=CCCCCP.[AlH3].[Ca+2].[H-].[H-]. The maximum atomic E-state index is 9.67. The van der Waals surface area contributed by atoms with Gasteiger partial charge in [0.25, 0.3) is 0 Å². The molecule has 0 aliphatic heterocycles. The molecule has 0 aliphatic rings. The average Bonchev–Trinajstić information content (AvgIpc) is 1.69. The number of rotatable bonds is 4. The molecule has 0 aromatic rings. The zero-order chi connectivity index (χ0) is 5.54. The topological polar surface area (TPSA) is 17.1 Å². The molecule has 0 spiro atoms. The molecule has 0 aromatic heterocycles. The third-order valence-electron chi connectivity index (χ3n) is 0.776. The van der Waals surface area contributed by atoms with Crippen molar-refractivity contribution >= 4 is 70.6 Å². The predicted octanol–water partition coefficient (Wildman–Crippen LogP) is -0.109. The normalized spacial score (nSPS) is 6.78. The Morgan fingerprint density at radius 3 is 2.33 bits per heavy atom. The number of carbonyl (C=O) groups is 1. The van der Waals surface area contributed by atoms with Crippen molar-refractivity contribution in [3.63, 3.8) is 0 Å². The van der Waals surface area contributed by atoms with Crippen molar-refractivity contribution in [1.29, 1.82) is 0 Å². The van der Waals surface area contributed by atoms with Gasteiger partial charge in [0, 0.05) is 6.42 Å². The number of hydrogen-bond donors (Lipinski definition) is 0. The molecule has 0 radical (unpaired) electrons. The second kappa shape index (κ2) is 16.5. The van der Waals surface area contributed by atoms with Gasteiger partial charge in [0.2, 0.25) is 0 Å². The summed E-state index contributed by atoms with van der Waals surface area (Å²) in [5, 5.41) is 0. The van der Waals surface area contributed by atoms with Crippen LogP contribution in [0.5, 0.6) is 0 Å². The molecule has 0 heterocycles.